The predicted octanol–water partition coefficient (Wildman–Crippen LogP) is 7.71. The minimum Gasteiger partial charge on any atom is -0.189 e. The Balaban J connectivity index is 1.89. The summed E-state index contributed by atoms with van der Waals surface area (Å²) in [6.45, 7) is 4.53. The molecule has 1 nitrogen and oxygen atoms in total. The Bertz CT molecular complexity index is 1330. The highest BCUT2D eigenvalue weighted by molar-refractivity contribution is 5.95. The molecule has 1 heteroatoms. The van der Waals surface area contributed by atoms with Gasteiger partial charge in [-0.1, -0.05) is 84.9 Å². The highest BCUT2D eigenvalue weighted by Crippen LogP contribution is 2.33. The van der Waals surface area contributed by atoms with Gasteiger partial charge in [0.05, 0.1) is 5.56 Å². The van der Waals surface area contributed by atoms with Crippen molar-refractivity contribution in [2.24, 2.45) is 0 Å². The molecule has 0 unspecified atom stereocenters. The van der Waals surface area contributed by atoms with Gasteiger partial charge in [0.2, 0.25) is 11.4 Å². The zero-order chi connectivity index (χ0) is 21.2. The van der Waals surface area contributed by atoms with E-state index >= 15 is 0 Å². The van der Waals surface area contributed by atoms with Crippen molar-refractivity contribution in [3.05, 3.63) is 115 Å². The summed E-state index contributed by atoms with van der Waals surface area (Å²) >= 11 is 0. The summed E-state index contributed by atoms with van der Waals surface area (Å²) in [5.41, 5.74) is 7.44. The number of rotatable bonds is 4. The number of benzene rings is 4. The molecule has 0 atom stereocenters. The molecule has 0 N–H and O–H groups in total. The smallest absolute Gasteiger partial charge is 0.189 e. The van der Waals surface area contributed by atoms with Crippen molar-refractivity contribution >= 4 is 10.8 Å². The van der Waals surface area contributed by atoms with Gasteiger partial charge >= 0.3 is 0 Å². The molecule has 0 saturated carbocycles. The molecular weight excluding hydrogens is 374 g/mol. The fourth-order valence-electron chi connectivity index (χ4n) is 4.45. The molecule has 0 fully saturated rings. The van der Waals surface area contributed by atoms with Crippen LogP contribution in [0.1, 0.15) is 19.9 Å². The summed E-state index contributed by atoms with van der Waals surface area (Å²) < 4.78 is 2.48. The van der Waals surface area contributed by atoms with Crippen LogP contribution < -0.4 is 4.57 Å². The zero-order valence-electron chi connectivity index (χ0n) is 18.0. The predicted molar refractivity (Wildman–Crippen MR) is 131 cm³/mol. The van der Waals surface area contributed by atoms with E-state index in [4.69, 9.17) is 0 Å². The van der Waals surface area contributed by atoms with E-state index in [1.165, 1.54) is 44.4 Å². The van der Waals surface area contributed by atoms with Gasteiger partial charge in [-0.05, 0) is 53.9 Å². The Morgan fingerprint density at radius 1 is 0.516 bits per heavy atom. The Morgan fingerprint density at radius 3 is 1.81 bits per heavy atom. The third-order valence-electron chi connectivity index (χ3n) is 5.86. The summed E-state index contributed by atoms with van der Waals surface area (Å²) in [4.78, 5) is 0. The van der Waals surface area contributed by atoms with Gasteiger partial charge in [0.15, 0.2) is 6.04 Å². The van der Waals surface area contributed by atoms with E-state index in [9.17, 15) is 0 Å². The molecular formula is C30H26N+. The van der Waals surface area contributed by atoms with Crippen molar-refractivity contribution in [3.63, 3.8) is 0 Å². The van der Waals surface area contributed by atoms with E-state index in [-0.39, 0.29) is 0 Å². The van der Waals surface area contributed by atoms with Crippen LogP contribution in [0.5, 0.6) is 0 Å². The van der Waals surface area contributed by atoms with Crippen LogP contribution in [-0.2, 0) is 0 Å². The average Bonchev–Trinajstić information content (AvgIpc) is 2.84. The van der Waals surface area contributed by atoms with E-state index in [2.05, 4.69) is 134 Å². The van der Waals surface area contributed by atoms with E-state index in [1.807, 2.05) is 0 Å². The molecule has 0 spiro atoms. The quantitative estimate of drug-likeness (QED) is 0.272. The van der Waals surface area contributed by atoms with Crippen molar-refractivity contribution in [2.45, 2.75) is 19.9 Å². The van der Waals surface area contributed by atoms with Crippen LogP contribution in [0.4, 0.5) is 0 Å². The Morgan fingerprint density at radius 2 is 1.10 bits per heavy atom. The van der Waals surface area contributed by atoms with Gasteiger partial charge in [0.25, 0.3) is 0 Å². The lowest BCUT2D eigenvalue weighted by Crippen LogP contribution is -2.41. The maximum absolute atomic E-state index is 2.48. The van der Waals surface area contributed by atoms with Gasteiger partial charge in [-0.25, -0.2) is 0 Å². The lowest BCUT2D eigenvalue weighted by Gasteiger charge is -2.16. The lowest BCUT2D eigenvalue weighted by atomic mass is 9.96. The Kier molecular flexibility index (Phi) is 5.09. The molecule has 0 radical (unpaired) electrons. The monoisotopic (exact) mass is 400 g/mol. The maximum Gasteiger partial charge on any atom is 0.214 e. The summed E-state index contributed by atoms with van der Waals surface area (Å²) in [6, 6.07) is 41.7. The third-order valence-corrected chi connectivity index (χ3v) is 5.86. The van der Waals surface area contributed by atoms with Crippen molar-refractivity contribution in [1.29, 1.82) is 0 Å². The first kappa shape index (κ1) is 19.3. The molecule has 4 aromatic carbocycles. The second-order valence-electron chi connectivity index (χ2n) is 8.24. The van der Waals surface area contributed by atoms with Crippen LogP contribution in [-0.4, -0.2) is 0 Å². The van der Waals surface area contributed by atoms with Crippen LogP contribution in [0.25, 0.3) is 44.4 Å². The molecule has 5 rings (SSSR count). The summed E-state index contributed by atoms with van der Waals surface area (Å²) in [5.74, 6) is 0. The first-order valence-electron chi connectivity index (χ1n) is 10.9. The second-order valence-corrected chi connectivity index (χ2v) is 8.24. The van der Waals surface area contributed by atoms with Gasteiger partial charge in [-0.15, -0.1) is 0 Å². The largest absolute Gasteiger partial charge is 0.214 e. The number of aromatic nitrogens is 1. The Labute approximate surface area is 184 Å². The SMILES string of the molecule is CC(C)[n+]1c(-c2ccccc2)cc(-c2ccccc2)cc1-c1cccc2ccccc12. The van der Waals surface area contributed by atoms with E-state index in [1.54, 1.807) is 0 Å². The minimum atomic E-state index is 0.314. The lowest BCUT2D eigenvalue weighted by molar-refractivity contribution is -0.695. The van der Waals surface area contributed by atoms with Crippen molar-refractivity contribution in [2.75, 3.05) is 0 Å². The molecule has 31 heavy (non-hydrogen) atoms. The number of pyridine rings is 1. The van der Waals surface area contributed by atoms with Crippen LogP contribution in [0.15, 0.2) is 115 Å². The van der Waals surface area contributed by atoms with Crippen molar-refractivity contribution < 1.29 is 4.57 Å². The number of nitrogens with zero attached hydrogens (tertiary/aromatic N) is 1. The topological polar surface area (TPSA) is 3.88 Å². The number of fused-ring (bicyclic) bond motifs is 1. The first-order valence-corrected chi connectivity index (χ1v) is 10.9. The molecule has 0 aliphatic rings. The molecule has 0 bridgehead atoms. The normalized spacial score (nSPS) is 11.2. The van der Waals surface area contributed by atoms with Gasteiger partial charge in [0.1, 0.15) is 0 Å². The van der Waals surface area contributed by atoms with Crippen LogP contribution in [0.3, 0.4) is 0 Å². The maximum atomic E-state index is 2.48. The fraction of sp³-hybridized carbons (Fsp3) is 0.100. The van der Waals surface area contributed by atoms with Crippen LogP contribution in [0.2, 0.25) is 0 Å². The van der Waals surface area contributed by atoms with E-state index < -0.39 is 0 Å². The molecule has 1 heterocycles. The highest BCUT2D eigenvalue weighted by atomic mass is 15.0. The minimum absolute atomic E-state index is 0.314. The third kappa shape index (κ3) is 3.64. The summed E-state index contributed by atoms with van der Waals surface area (Å²) in [6.07, 6.45) is 0. The summed E-state index contributed by atoms with van der Waals surface area (Å²) in [5, 5.41) is 2.55. The van der Waals surface area contributed by atoms with Crippen molar-refractivity contribution in [3.8, 4) is 33.6 Å². The van der Waals surface area contributed by atoms with E-state index in [0.29, 0.717) is 6.04 Å². The molecule has 150 valence electrons. The van der Waals surface area contributed by atoms with Gasteiger partial charge < -0.3 is 0 Å². The van der Waals surface area contributed by atoms with Crippen LogP contribution >= 0.6 is 0 Å². The highest BCUT2D eigenvalue weighted by Gasteiger charge is 2.25. The number of hydrogen-bond donors (Lipinski definition) is 0. The summed E-state index contributed by atoms with van der Waals surface area (Å²) in [7, 11) is 0. The molecule has 5 aromatic rings. The molecule has 1 aromatic heterocycles. The number of hydrogen-bond acceptors (Lipinski definition) is 0. The van der Waals surface area contributed by atoms with Crippen molar-refractivity contribution in [1.82, 2.24) is 0 Å². The van der Waals surface area contributed by atoms with E-state index in [0.717, 1.165) is 0 Å². The average molecular weight is 401 g/mol. The van der Waals surface area contributed by atoms with Gasteiger partial charge in [-0.3, -0.25) is 0 Å². The molecule has 0 aliphatic carbocycles. The molecule has 0 saturated heterocycles. The van der Waals surface area contributed by atoms with Gasteiger partial charge in [0, 0.05) is 17.7 Å². The zero-order valence-corrected chi connectivity index (χ0v) is 18.0. The van der Waals surface area contributed by atoms with Crippen LogP contribution in [0, 0.1) is 0 Å². The first-order chi connectivity index (χ1) is 15.2. The standard InChI is InChI=1S/C30H26N/c1-22(2)31-29(25-15-7-4-8-16-25)20-26(23-12-5-3-6-13-23)21-30(31)28-19-11-17-24-14-9-10-18-27(24)28/h3-22H,1-2H3/q+1. The van der Waals surface area contributed by atoms with Gasteiger partial charge in [-0.2, -0.15) is 4.57 Å². The fourth-order valence-corrected chi connectivity index (χ4v) is 4.45. The molecule has 0 amide bonds. The molecule has 0 aliphatic heterocycles. The Hall–Kier alpha value is -3.71. The second kappa shape index (κ2) is 8.20.